The van der Waals surface area contributed by atoms with Gasteiger partial charge in [-0.2, -0.15) is 0 Å². The summed E-state index contributed by atoms with van der Waals surface area (Å²) in [4.78, 5) is 46.1. The number of halogens is 1. The number of aromatic amines is 1. The summed E-state index contributed by atoms with van der Waals surface area (Å²) in [5.74, 6) is 1.57. The van der Waals surface area contributed by atoms with Crippen LogP contribution < -0.4 is 10.6 Å². The second-order valence-electron chi connectivity index (χ2n) is 9.30. The van der Waals surface area contributed by atoms with Gasteiger partial charge in [-0.05, 0) is 50.6 Å². The third kappa shape index (κ3) is 6.44. The maximum Gasteiger partial charge on any atom is 0.270 e. The molecule has 0 aliphatic rings. The standard InChI is InChI=1S/C29H27FN10O/c1-16-9-25(38-27-15-35-26(39-27)14-31-4)40-28(36-16)20-6-8-24(34-12-20)29(41)37-17(2)19-5-7-23(33-11-19)22-10-21(30)13-32-18(22)3/h5-15,17H,1-4H3,(H,35,39)(H,37,41)(H,36,38,40). The molecule has 0 bridgehead atoms. The van der Waals surface area contributed by atoms with Crippen LogP contribution in [0.5, 0.6) is 0 Å². The van der Waals surface area contributed by atoms with E-state index in [1.54, 1.807) is 57.0 Å². The smallest absolute Gasteiger partial charge is 0.270 e. The number of carbonyl (C=O) groups excluding carboxylic acids is 1. The molecule has 0 saturated carbocycles. The Hall–Kier alpha value is -5.39. The molecule has 0 radical (unpaired) electrons. The number of aromatic nitrogens is 7. The second-order valence-corrected chi connectivity index (χ2v) is 9.30. The first kappa shape index (κ1) is 27.2. The van der Waals surface area contributed by atoms with Gasteiger partial charge in [0.25, 0.3) is 5.91 Å². The van der Waals surface area contributed by atoms with Crippen molar-refractivity contribution in [2.45, 2.75) is 26.8 Å². The lowest BCUT2D eigenvalue weighted by Crippen LogP contribution is -2.27. The fourth-order valence-electron chi connectivity index (χ4n) is 4.09. The molecule has 0 saturated heterocycles. The Morgan fingerprint density at radius 2 is 1.85 bits per heavy atom. The highest BCUT2D eigenvalue weighted by Gasteiger charge is 2.15. The summed E-state index contributed by atoms with van der Waals surface area (Å²) < 4.78 is 13.6. The fourth-order valence-corrected chi connectivity index (χ4v) is 4.09. The highest BCUT2D eigenvalue weighted by molar-refractivity contribution is 5.92. The van der Waals surface area contributed by atoms with Crippen LogP contribution in [0.2, 0.25) is 0 Å². The zero-order valence-corrected chi connectivity index (χ0v) is 22.8. The summed E-state index contributed by atoms with van der Waals surface area (Å²) in [5, 5.41) is 6.11. The van der Waals surface area contributed by atoms with Crippen molar-refractivity contribution in [3.05, 3.63) is 95.5 Å². The van der Waals surface area contributed by atoms with E-state index >= 15 is 0 Å². The zero-order chi connectivity index (χ0) is 28.9. The molecule has 41 heavy (non-hydrogen) atoms. The van der Waals surface area contributed by atoms with Crippen LogP contribution in [0.4, 0.5) is 16.0 Å². The van der Waals surface area contributed by atoms with Crippen LogP contribution in [0, 0.1) is 19.7 Å². The van der Waals surface area contributed by atoms with Gasteiger partial charge in [-0.25, -0.2) is 19.3 Å². The van der Waals surface area contributed by atoms with E-state index in [4.69, 9.17) is 0 Å². The molecular formula is C29H27FN10O. The number of carbonyl (C=O) groups is 1. The van der Waals surface area contributed by atoms with Crippen LogP contribution >= 0.6 is 0 Å². The van der Waals surface area contributed by atoms with Gasteiger partial charge >= 0.3 is 0 Å². The number of hydrogen-bond acceptors (Lipinski definition) is 9. The number of anilines is 2. The first-order chi connectivity index (χ1) is 19.8. The van der Waals surface area contributed by atoms with Crippen LogP contribution in [0.3, 0.4) is 0 Å². The minimum Gasteiger partial charge on any atom is -0.344 e. The van der Waals surface area contributed by atoms with Crippen LogP contribution in [0.15, 0.2) is 66.2 Å². The molecule has 12 heteroatoms. The molecule has 0 aliphatic carbocycles. The molecule has 5 aromatic rings. The number of rotatable bonds is 8. The van der Waals surface area contributed by atoms with Gasteiger partial charge in [0.2, 0.25) is 0 Å². The van der Waals surface area contributed by atoms with E-state index in [0.29, 0.717) is 45.8 Å². The molecule has 0 aliphatic heterocycles. The Kier molecular flexibility index (Phi) is 7.81. The lowest BCUT2D eigenvalue weighted by atomic mass is 10.1. The lowest BCUT2D eigenvalue weighted by Gasteiger charge is -2.14. The Morgan fingerprint density at radius 1 is 1.00 bits per heavy atom. The summed E-state index contributed by atoms with van der Waals surface area (Å²) in [6, 6.07) is 9.89. The highest BCUT2D eigenvalue weighted by Crippen LogP contribution is 2.23. The molecule has 3 N–H and O–H groups in total. The summed E-state index contributed by atoms with van der Waals surface area (Å²) >= 11 is 0. The maximum atomic E-state index is 13.6. The van der Waals surface area contributed by atoms with Gasteiger partial charge in [-0.3, -0.25) is 24.7 Å². The van der Waals surface area contributed by atoms with Gasteiger partial charge in [-0.15, -0.1) is 0 Å². The van der Waals surface area contributed by atoms with Crippen molar-refractivity contribution in [2.75, 3.05) is 12.4 Å². The molecule has 1 amide bonds. The summed E-state index contributed by atoms with van der Waals surface area (Å²) in [7, 11) is 1.67. The normalized spacial score (nSPS) is 11.9. The molecule has 1 atom stereocenters. The zero-order valence-electron chi connectivity index (χ0n) is 22.8. The topological polar surface area (TPSA) is 147 Å². The summed E-state index contributed by atoms with van der Waals surface area (Å²) in [5.41, 5.74) is 4.36. The van der Waals surface area contributed by atoms with Gasteiger partial charge in [0.1, 0.15) is 29.0 Å². The Balaban J connectivity index is 1.25. The van der Waals surface area contributed by atoms with Crippen molar-refractivity contribution in [2.24, 2.45) is 4.99 Å². The molecule has 5 rings (SSSR count). The highest BCUT2D eigenvalue weighted by atomic mass is 19.1. The number of nitrogens with zero attached hydrogens (tertiary/aromatic N) is 7. The number of aryl methyl sites for hydroxylation is 2. The Labute approximate surface area is 235 Å². The molecule has 206 valence electrons. The van der Waals surface area contributed by atoms with Crippen molar-refractivity contribution in [1.82, 2.24) is 40.2 Å². The molecule has 1 unspecified atom stereocenters. The summed E-state index contributed by atoms with van der Waals surface area (Å²) in [6.07, 6.45) is 7.67. The molecule has 0 aromatic carbocycles. The van der Waals surface area contributed by atoms with E-state index in [0.717, 1.165) is 11.3 Å². The minimum atomic E-state index is -0.424. The van der Waals surface area contributed by atoms with Gasteiger partial charge in [0.05, 0.1) is 30.3 Å². The van der Waals surface area contributed by atoms with E-state index in [-0.39, 0.29) is 17.6 Å². The number of imidazole rings is 1. The molecule has 0 spiro atoms. The Bertz CT molecular complexity index is 1720. The predicted octanol–water partition coefficient (Wildman–Crippen LogP) is 4.76. The number of pyridine rings is 3. The number of aliphatic imine (C=N–C) groups is 1. The van der Waals surface area contributed by atoms with Gasteiger partial charge < -0.3 is 15.6 Å². The van der Waals surface area contributed by atoms with Crippen molar-refractivity contribution >= 4 is 23.8 Å². The van der Waals surface area contributed by atoms with Crippen molar-refractivity contribution in [3.63, 3.8) is 0 Å². The molecule has 5 heterocycles. The van der Waals surface area contributed by atoms with Gasteiger partial charge in [0, 0.05) is 48.0 Å². The summed E-state index contributed by atoms with van der Waals surface area (Å²) in [6.45, 7) is 5.52. The molecule has 0 fully saturated rings. The second kappa shape index (κ2) is 11.8. The van der Waals surface area contributed by atoms with E-state index in [1.165, 1.54) is 12.3 Å². The van der Waals surface area contributed by atoms with E-state index in [2.05, 4.69) is 50.5 Å². The third-order valence-corrected chi connectivity index (χ3v) is 6.18. The number of nitrogens with one attached hydrogen (secondary N) is 3. The van der Waals surface area contributed by atoms with Crippen LogP contribution in [0.1, 0.15) is 46.2 Å². The molecule has 5 aromatic heterocycles. The van der Waals surface area contributed by atoms with Crippen LogP contribution in [-0.2, 0) is 0 Å². The molecular weight excluding hydrogens is 523 g/mol. The lowest BCUT2D eigenvalue weighted by molar-refractivity contribution is 0.0935. The fraction of sp³-hybridized carbons (Fsp3) is 0.172. The number of H-pyrrole nitrogens is 1. The first-order valence-corrected chi connectivity index (χ1v) is 12.7. The van der Waals surface area contributed by atoms with Gasteiger partial charge in [-0.1, -0.05) is 6.07 Å². The van der Waals surface area contributed by atoms with Crippen molar-refractivity contribution < 1.29 is 9.18 Å². The first-order valence-electron chi connectivity index (χ1n) is 12.7. The minimum absolute atomic E-state index is 0.250. The number of hydrogen-bond donors (Lipinski definition) is 3. The average molecular weight is 551 g/mol. The SMILES string of the molecule is CN=Cc1ncc(Nc2cc(C)nc(-c3ccc(C(=O)NC(C)c4ccc(-c5cc(F)cnc5C)nc4)nc3)n2)[nH]1. The third-order valence-electron chi connectivity index (χ3n) is 6.18. The monoisotopic (exact) mass is 550 g/mol. The van der Waals surface area contributed by atoms with Gasteiger partial charge in [0.15, 0.2) is 5.82 Å². The van der Waals surface area contributed by atoms with Crippen LogP contribution in [-0.4, -0.2) is 54.1 Å². The van der Waals surface area contributed by atoms with Crippen molar-refractivity contribution in [1.29, 1.82) is 0 Å². The van der Waals surface area contributed by atoms with Crippen LogP contribution in [0.25, 0.3) is 22.6 Å². The van der Waals surface area contributed by atoms with E-state index in [1.807, 2.05) is 26.0 Å². The predicted molar refractivity (Wildman–Crippen MR) is 153 cm³/mol. The number of amides is 1. The van der Waals surface area contributed by atoms with E-state index in [9.17, 15) is 9.18 Å². The Morgan fingerprint density at radius 3 is 2.59 bits per heavy atom. The maximum absolute atomic E-state index is 13.6. The largest absolute Gasteiger partial charge is 0.344 e. The quantitative estimate of drug-likeness (QED) is 0.234. The van der Waals surface area contributed by atoms with Crippen molar-refractivity contribution in [3.8, 4) is 22.6 Å². The average Bonchev–Trinajstić information content (AvgIpc) is 3.41. The van der Waals surface area contributed by atoms with E-state index < -0.39 is 5.82 Å². The molecule has 11 nitrogen and oxygen atoms in total.